The van der Waals surface area contributed by atoms with E-state index in [1.54, 1.807) is 11.9 Å². The Morgan fingerprint density at radius 3 is 3.00 bits per heavy atom. The first-order valence-electron chi connectivity index (χ1n) is 6.00. The molecule has 1 aromatic carbocycles. The minimum absolute atomic E-state index is 0.0971. The summed E-state index contributed by atoms with van der Waals surface area (Å²) in [5, 5.41) is 8.91. The number of urea groups is 1. The van der Waals surface area contributed by atoms with Crippen molar-refractivity contribution in [2.45, 2.75) is 13.0 Å². The Bertz CT molecular complexity index is 699. The zero-order chi connectivity index (χ0) is 13.6. The van der Waals surface area contributed by atoms with Crippen LogP contribution in [0.2, 0.25) is 0 Å². The number of aryl methyl sites for hydroxylation is 1. The number of carbonyl (C=O) groups excluding carboxylic acids is 1. The van der Waals surface area contributed by atoms with Gasteiger partial charge >= 0.3 is 6.03 Å². The summed E-state index contributed by atoms with van der Waals surface area (Å²) in [5.41, 5.74) is 2.86. The number of likely N-dealkylation sites (N-methyl/N-ethyl adjacent to an activating group) is 1. The number of H-pyrrole nitrogens is 1. The number of fused-ring (bicyclic) bond motifs is 1. The van der Waals surface area contributed by atoms with Gasteiger partial charge in [0.15, 0.2) is 6.19 Å². The Labute approximate surface area is 110 Å². The quantitative estimate of drug-likeness (QED) is 0.789. The normalized spacial score (nSPS) is 19.2. The number of aromatic nitrogens is 2. The van der Waals surface area contributed by atoms with Gasteiger partial charge in [-0.1, -0.05) is 6.07 Å². The van der Waals surface area contributed by atoms with Crippen molar-refractivity contribution in [2.24, 2.45) is 0 Å². The molecule has 6 heteroatoms. The molecule has 2 amide bonds. The van der Waals surface area contributed by atoms with Gasteiger partial charge in [-0.3, -0.25) is 0 Å². The van der Waals surface area contributed by atoms with Crippen molar-refractivity contribution < 1.29 is 4.79 Å². The summed E-state index contributed by atoms with van der Waals surface area (Å²) < 4.78 is 0. The van der Waals surface area contributed by atoms with Crippen molar-refractivity contribution in [3.63, 3.8) is 0 Å². The third-order valence-corrected chi connectivity index (χ3v) is 3.49. The van der Waals surface area contributed by atoms with Gasteiger partial charge in [-0.25, -0.2) is 14.7 Å². The first kappa shape index (κ1) is 11.5. The summed E-state index contributed by atoms with van der Waals surface area (Å²) in [7, 11) is 1.72. The molecule has 2 heterocycles. The first-order chi connectivity index (χ1) is 9.10. The van der Waals surface area contributed by atoms with Crippen LogP contribution in [0, 0.1) is 18.4 Å². The van der Waals surface area contributed by atoms with Crippen LogP contribution in [-0.2, 0) is 0 Å². The summed E-state index contributed by atoms with van der Waals surface area (Å²) in [4.78, 5) is 22.1. The molecular weight excluding hydrogens is 242 g/mol. The van der Waals surface area contributed by atoms with Crippen molar-refractivity contribution in [1.82, 2.24) is 19.8 Å². The Balaban J connectivity index is 2.00. The number of nitrogens with one attached hydrogen (secondary N) is 1. The fourth-order valence-corrected chi connectivity index (χ4v) is 2.47. The van der Waals surface area contributed by atoms with E-state index in [4.69, 9.17) is 5.26 Å². The van der Waals surface area contributed by atoms with Crippen LogP contribution in [-0.4, -0.2) is 39.4 Å². The maximum Gasteiger partial charge on any atom is 0.333 e. The van der Waals surface area contributed by atoms with Crippen LogP contribution in [0.15, 0.2) is 18.2 Å². The lowest BCUT2D eigenvalue weighted by atomic mass is 10.1. The van der Waals surface area contributed by atoms with E-state index in [-0.39, 0.29) is 12.1 Å². The SMILES string of the molecule is Cc1nc2ccc(C3CN(C#N)C(=O)N3C)cc2[nH]1. The molecule has 3 rings (SSSR count). The highest BCUT2D eigenvalue weighted by Gasteiger charge is 2.35. The number of imidazole rings is 1. The van der Waals surface area contributed by atoms with Gasteiger partial charge in [0, 0.05) is 7.05 Å². The molecular formula is C13H13N5O. The molecule has 6 nitrogen and oxygen atoms in total. The molecule has 1 N–H and O–H groups in total. The molecule has 1 aliphatic rings. The van der Waals surface area contributed by atoms with Crippen LogP contribution in [0.3, 0.4) is 0 Å². The number of hydrogen-bond acceptors (Lipinski definition) is 3. The van der Waals surface area contributed by atoms with Crippen molar-refractivity contribution in [2.75, 3.05) is 13.6 Å². The number of amides is 2. The van der Waals surface area contributed by atoms with Crippen molar-refractivity contribution in [3.8, 4) is 6.19 Å². The number of benzene rings is 1. The minimum Gasteiger partial charge on any atom is -0.342 e. The van der Waals surface area contributed by atoms with Gasteiger partial charge in [0.1, 0.15) is 5.82 Å². The number of carbonyl (C=O) groups is 1. The van der Waals surface area contributed by atoms with Gasteiger partial charge in [-0.2, -0.15) is 5.26 Å². The maximum atomic E-state index is 11.8. The zero-order valence-corrected chi connectivity index (χ0v) is 10.7. The number of hydrogen-bond donors (Lipinski definition) is 1. The molecule has 96 valence electrons. The van der Waals surface area contributed by atoms with Crippen LogP contribution in [0.1, 0.15) is 17.4 Å². The first-order valence-corrected chi connectivity index (χ1v) is 6.00. The largest absolute Gasteiger partial charge is 0.342 e. The number of nitrogens with zero attached hydrogens (tertiary/aromatic N) is 4. The highest BCUT2D eigenvalue weighted by atomic mass is 16.2. The van der Waals surface area contributed by atoms with Gasteiger partial charge in [-0.05, 0) is 24.6 Å². The topological polar surface area (TPSA) is 76.0 Å². The molecule has 0 spiro atoms. The standard InChI is InChI=1S/C13H13N5O/c1-8-15-10-4-3-9(5-11(10)16-8)12-6-18(7-14)13(19)17(12)2/h3-5,12H,6H2,1-2H3,(H,15,16). The fraction of sp³-hybridized carbons (Fsp3) is 0.308. The van der Waals surface area contributed by atoms with E-state index in [0.29, 0.717) is 6.54 Å². The van der Waals surface area contributed by atoms with E-state index in [1.807, 2.05) is 31.3 Å². The lowest BCUT2D eigenvalue weighted by molar-refractivity contribution is 0.205. The monoisotopic (exact) mass is 255 g/mol. The third-order valence-electron chi connectivity index (χ3n) is 3.49. The molecule has 0 radical (unpaired) electrons. The summed E-state index contributed by atoms with van der Waals surface area (Å²) in [6.07, 6.45) is 1.91. The second-order valence-corrected chi connectivity index (χ2v) is 4.72. The fourth-order valence-electron chi connectivity index (χ4n) is 2.47. The maximum absolute atomic E-state index is 11.8. The zero-order valence-electron chi connectivity index (χ0n) is 10.7. The average molecular weight is 255 g/mol. The smallest absolute Gasteiger partial charge is 0.333 e. The van der Waals surface area contributed by atoms with Crippen molar-refractivity contribution >= 4 is 17.1 Å². The second kappa shape index (κ2) is 3.99. The van der Waals surface area contributed by atoms with Crippen LogP contribution < -0.4 is 0 Å². The molecule has 1 atom stereocenters. The molecule has 1 aliphatic heterocycles. The third kappa shape index (κ3) is 1.71. The van der Waals surface area contributed by atoms with Crippen molar-refractivity contribution in [3.05, 3.63) is 29.6 Å². The summed E-state index contributed by atoms with van der Waals surface area (Å²) >= 11 is 0. The summed E-state index contributed by atoms with van der Waals surface area (Å²) in [5.74, 6) is 0.863. The lowest BCUT2D eigenvalue weighted by Gasteiger charge is -2.17. The van der Waals surface area contributed by atoms with E-state index in [9.17, 15) is 4.79 Å². The molecule has 0 aliphatic carbocycles. The Hall–Kier alpha value is -2.55. The van der Waals surface area contributed by atoms with E-state index >= 15 is 0 Å². The molecule has 1 saturated heterocycles. The van der Waals surface area contributed by atoms with E-state index < -0.39 is 0 Å². The van der Waals surface area contributed by atoms with E-state index in [1.165, 1.54) is 4.90 Å². The van der Waals surface area contributed by atoms with E-state index in [0.717, 1.165) is 22.4 Å². The average Bonchev–Trinajstić information content (AvgIpc) is 2.90. The lowest BCUT2D eigenvalue weighted by Crippen LogP contribution is -2.26. The number of aromatic amines is 1. The van der Waals surface area contributed by atoms with Crippen LogP contribution in [0.25, 0.3) is 11.0 Å². The number of rotatable bonds is 1. The second-order valence-electron chi connectivity index (χ2n) is 4.72. The highest BCUT2D eigenvalue weighted by molar-refractivity contribution is 5.80. The minimum atomic E-state index is -0.256. The number of nitriles is 1. The molecule has 19 heavy (non-hydrogen) atoms. The molecule has 1 fully saturated rings. The van der Waals surface area contributed by atoms with Crippen LogP contribution in [0.5, 0.6) is 0 Å². The van der Waals surface area contributed by atoms with Crippen molar-refractivity contribution in [1.29, 1.82) is 5.26 Å². The van der Waals surface area contributed by atoms with E-state index in [2.05, 4.69) is 9.97 Å². The molecule has 0 bridgehead atoms. The van der Waals surface area contributed by atoms with Gasteiger partial charge in [-0.15, -0.1) is 0 Å². The van der Waals surface area contributed by atoms with Gasteiger partial charge < -0.3 is 9.88 Å². The Kier molecular flexibility index (Phi) is 2.42. The van der Waals surface area contributed by atoms with Crippen LogP contribution >= 0.6 is 0 Å². The molecule has 1 aromatic heterocycles. The van der Waals surface area contributed by atoms with Crippen LogP contribution in [0.4, 0.5) is 4.79 Å². The summed E-state index contributed by atoms with van der Waals surface area (Å²) in [6.45, 7) is 2.30. The molecule has 0 saturated carbocycles. The predicted molar refractivity (Wildman–Crippen MR) is 69.0 cm³/mol. The Morgan fingerprint density at radius 2 is 2.32 bits per heavy atom. The molecule has 2 aromatic rings. The summed E-state index contributed by atoms with van der Waals surface area (Å²) in [6, 6.07) is 5.53. The van der Waals surface area contributed by atoms with Gasteiger partial charge in [0.2, 0.25) is 0 Å². The van der Waals surface area contributed by atoms with Gasteiger partial charge in [0.25, 0.3) is 0 Å². The predicted octanol–water partition coefficient (Wildman–Crippen LogP) is 1.76. The highest BCUT2D eigenvalue weighted by Crippen LogP contribution is 2.29. The molecule has 1 unspecified atom stereocenters. The Morgan fingerprint density at radius 1 is 1.53 bits per heavy atom. The van der Waals surface area contributed by atoms with Gasteiger partial charge in [0.05, 0.1) is 23.6 Å².